The van der Waals surface area contributed by atoms with Crippen LogP contribution in [-0.2, 0) is 4.79 Å². The van der Waals surface area contributed by atoms with Gasteiger partial charge in [-0.1, -0.05) is 36.4 Å². The average Bonchev–Trinajstić information content (AvgIpc) is 3.35. The third-order valence-electron chi connectivity index (χ3n) is 5.01. The van der Waals surface area contributed by atoms with Gasteiger partial charge >= 0.3 is 0 Å². The summed E-state index contributed by atoms with van der Waals surface area (Å²) in [6.07, 6.45) is 0.396. The molecule has 1 atom stereocenters. The molecule has 0 aliphatic carbocycles. The minimum Gasteiger partial charge on any atom is -0.310 e. The van der Waals surface area contributed by atoms with Crippen LogP contribution in [0.5, 0.6) is 0 Å². The van der Waals surface area contributed by atoms with E-state index in [-0.39, 0.29) is 11.8 Å². The normalized spacial score (nSPS) is 15.8. The van der Waals surface area contributed by atoms with Crippen LogP contribution >= 0.6 is 11.3 Å². The summed E-state index contributed by atoms with van der Waals surface area (Å²) in [6, 6.07) is 16.1. The molecule has 4 heterocycles. The van der Waals surface area contributed by atoms with E-state index in [4.69, 9.17) is 5.10 Å². The van der Waals surface area contributed by atoms with Crippen LogP contribution in [0, 0.1) is 13.8 Å². The minimum absolute atomic E-state index is 0.0268. The van der Waals surface area contributed by atoms with Crippen LogP contribution in [0.4, 0.5) is 5.82 Å². The molecule has 0 fully saturated rings. The van der Waals surface area contributed by atoms with E-state index in [1.165, 1.54) is 0 Å². The van der Waals surface area contributed by atoms with Gasteiger partial charge in [0.1, 0.15) is 5.82 Å². The Kier molecular flexibility index (Phi) is 4.24. The van der Waals surface area contributed by atoms with Crippen LogP contribution in [0.1, 0.15) is 34.2 Å². The highest BCUT2D eigenvalue weighted by Gasteiger charge is 2.35. The van der Waals surface area contributed by atoms with E-state index < -0.39 is 0 Å². The van der Waals surface area contributed by atoms with E-state index >= 15 is 0 Å². The Morgan fingerprint density at radius 1 is 1.07 bits per heavy atom. The fourth-order valence-electron chi connectivity index (χ4n) is 3.84. The monoisotopic (exact) mass is 401 g/mol. The molecule has 1 aromatic carbocycles. The highest BCUT2D eigenvalue weighted by molar-refractivity contribution is 7.10. The highest BCUT2D eigenvalue weighted by Crippen LogP contribution is 2.44. The van der Waals surface area contributed by atoms with Gasteiger partial charge in [0.05, 0.1) is 5.69 Å². The van der Waals surface area contributed by atoms with E-state index in [1.54, 1.807) is 16.0 Å². The molecule has 1 unspecified atom stereocenters. The maximum Gasteiger partial charge on any atom is 0.252 e. The SMILES string of the molecule is Cc1cc(C)nc(-n2nc(-c3ccccc3)c3c2NC(=O)CC3c2cccs2)n1. The fourth-order valence-corrected chi connectivity index (χ4v) is 4.68. The second kappa shape index (κ2) is 6.93. The van der Waals surface area contributed by atoms with Gasteiger partial charge in [0.25, 0.3) is 5.95 Å². The maximum absolute atomic E-state index is 12.6. The summed E-state index contributed by atoms with van der Waals surface area (Å²) in [5.74, 6) is 1.05. The van der Waals surface area contributed by atoms with Gasteiger partial charge in [0, 0.05) is 39.7 Å². The van der Waals surface area contributed by atoms with Gasteiger partial charge < -0.3 is 5.32 Å². The lowest BCUT2D eigenvalue weighted by atomic mass is 9.88. The molecular formula is C22H19N5OS. The number of benzene rings is 1. The second-order valence-electron chi connectivity index (χ2n) is 7.16. The number of hydrogen-bond acceptors (Lipinski definition) is 5. The molecule has 0 spiro atoms. The van der Waals surface area contributed by atoms with E-state index in [9.17, 15) is 4.79 Å². The third-order valence-corrected chi connectivity index (χ3v) is 6.00. The molecular weight excluding hydrogens is 382 g/mol. The number of carbonyl (C=O) groups excluding carboxylic acids is 1. The first-order valence-corrected chi connectivity index (χ1v) is 10.3. The third kappa shape index (κ3) is 3.13. The number of anilines is 1. The molecule has 0 radical (unpaired) electrons. The van der Waals surface area contributed by atoms with E-state index in [2.05, 4.69) is 21.4 Å². The predicted octanol–water partition coefficient (Wildman–Crippen LogP) is 4.48. The molecule has 1 amide bonds. The summed E-state index contributed by atoms with van der Waals surface area (Å²) in [4.78, 5) is 22.9. The Bertz CT molecular complexity index is 1180. The molecule has 6 nitrogen and oxygen atoms in total. The zero-order chi connectivity index (χ0) is 20.0. The predicted molar refractivity (Wildman–Crippen MR) is 113 cm³/mol. The van der Waals surface area contributed by atoms with Crippen LogP contribution in [0.25, 0.3) is 17.2 Å². The fraction of sp³-hybridized carbons (Fsp3) is 0.182. The van der Waals surface area contributed by atoms with Crippen LogP contribution in [0.2, 0.25) is 0 Å². The number of amides is 1. The number of nitrogens with one attached hydrogen (secondary N) is 1. The number of thiophene rings is 1. The number of rotatable bonds is 3. The Morgan fingerprint density at radius 3 is 2.52 bits per heavy atom. The molecule has 144 valence electrons. The smallest absolute Gasteiger partial charge is 0.252 e. The van der Waals surface area contributed by atoms with Crippen molar-refractivity contribution in [3.63, 3.8) is 0 Å². The topological polar surface area (TPSA) is 72.7 Å². The first-order valence-electron chi connectivity index (χ1n) is 9.44. The number of carbonyl (C=O) groups is 1. The van der Waals surface area contributed by atoms with Crippen molar-refractivity contribution in [3.8, 4) is 17.2 Å². The average molecular weight is 401 g/mol. The van der Waals surface area contributed by atoms with Crippen LogP contribution in [0.15, 0.2) is 53.9 Å². The summed E-state index contributed by atoms with van der Waals surface area (Å²) in [5.41, 5.74) is 4.58. The van der Waals surface area contributed by atoms with Gasteiger partial charge in [-0.2, -0.15) is 9.78 Å². The summed E-state index contributed by atoms with van der Waals surface area (Å²) < 4.78 is 1.68. The molecule has 5 rings (SSSR count). The van der Waals surface area contributed by atoms with Crippen molar-refractivity contribution in [2.75, 3.05) is 5.32 Å². The molecule has 0 saturated heterocycles. The Labute approximate surface area is 172 Å². The van der Waals surface area contributed by atoms with Gasteiger partial charge in [0.15, 0.2) is 0 Å². The van der Waals surface area contributed by atoms with Crippen molar-refractivity contribution in [1.82, 2.24) is 19.7 Å². The molecule has 0 bridgehead atoms. The van der Waals surface area contributed by atoms with Crippen LogP contribution in [0.3, 0.4) is 0 Å². The lowest BCUT2D eigenvalue weighted by Gasteiger charge is -2.23. The molecule has 1 aliphatic heterocycles. The van der Waals surface area contributed by atoms with Crippen molar-refractivity contribution in [2.45, 2.75) is 26.2 Å². The van der Waals surface area contributed by atoms with Gasteiger partial charge in [-0.25, -0.2) is 9.97 Å². The van der Waals surface area contributed by atoms with Crippen LogP contribution < -0.4 is 5.32 Å². The molecule has 4 aromatic rings. The van der Waals surface area contributed by atoms with Gasteiger partial charge in [-0.15, -0.1) is 11.3 Å². The summed E-state index contributed by atoms with van der Waals surface area (Å²) in [5, 5.41) is 9.97. The molecule has 3 aromatic heterocycles. The second-order valence-corrected chi connectivity index (χ2v) is 8.14. The first kappa shape index (κ1) is 17.8. The molecule has 29 heavy (non-hydrogen) atoms. The van der Waals surface area contributed by atoms with Crippen molar-refractivity contribution in [1.29, 1.82) is 0 Å². The zero-order valence-electron chi connectivity index (χ0n) is 16.1. The first-order chi connectivity index (χ1) is 14.1. The van der Waals surface area contributed by atoms with E-state index in [0.29, 0.717) is 18.2 Å². The summed E-state index contributed by atoms with van der Waals surface area (Å²) in [6.45, 7) is 3.86. The quantitative estimate of drug-likeness (QED) is 0.549. The standard InChI is InChI=1S/C22H19N5OS/c1-13-11-14(2)24-22(23-13)27-21-19(20(26-27)15-7-4-3-5-8-15)16(12-18(28)25-21)17-9-6-10-29-17/h3-11,16H,12H2,1-2H3,(H,25,28). The lowest BCUT2D eigenvalue weighted by Crippen LogP contribution is -2.25. The lowest BCUT2D eigenvalue weighted by molar-refractivity contribution is -0.116. The molecule has 0 saturated carbocycles. The van der Waals surface area contributed by atoms with Gasteiger partial charge in [-0.05, 0) is 31.4 Å². The minimum atomic E-state index is -0.0476. The Hall–Kier alpha value is -3.32. The van der Waals surface area contributed by atoms with Gasteiger partial charge in [0.2, 0.25) is 5.91 Å². The Balaban J connectivity index is 1.79. The van der Waals surface area contributed by atoms with Crippen molar-refractivity contribution < 1.29 is 4.79 Å². The number of fused-ring (bicyclic) bond motifs is 1. The summed E-state index contributed by atoms with van der Waals surface area (Å²) in [7, 11) is 0. The van der Waals surface area contributed by atoms with Crippen molar-refractivity contribution in [2.24, 2.45) is 0 Å². The molecule has 1 aliphatic rings. The van der Waals surface area contributed by atoms with E-state index in [0.717, 1.165) is 33.1 Å². The molecule has 7 heteroatoms. The number of aromatic nitrogens is 4. The van der Waals surface area contributed by atoms with Crippen LogP contribution in [-0.4, -0.2) is 25.7 Å². The van der Waals surface area contributed by atoms with Crippen molar-refractivity contribution >= 4 is 23.1 Å². The Morgan fingerprint density at radius 2 is 1.83 bits per heavy atom. The molecule has 1 N–H and O–H groups in total. The highest BCUT2D eigenvalue weighted by atomic mass is 32.1. The van der Waals surface area contributed by atoms with Gasteiger partial charge in [-0.3, -0.25) is 4.79 Å². The maximum atomic E-state index is 12.6. The van der Waals surface area contributed by atoms with E-state index in [1.807, 2.05) is 61.7 Å². The summed E-state index contributed by atoms with van der Waals surface area (Å²) >= 11 is 1.66. The largest absolute Gasteiger partial charge is 0.310 e. The number of nitrogens with zero attached hydrogens (tertiary/aromatic N) is 4. The number of aryl methyl sites for hydroxylation is 2. The number of hydrogen-bond donors (Lipinski definition) is 1. The zero-order valence-corrected chi connectivity index (χ0v) is 16.9. The van der Waals surface area contributed by atoms with Crippen molar-refractivity contribution in [3.05, 3.63) is 75.7 Å².